The van der Waals surface area contributed by atoms with E-state index in [2.05, 4.69) is 9.93 Å². The zero-order valence-electron chi connectivity index (χ0n) is 11.4. The van der Waals surface area contributed by atoms with Gasteiger partial charge in [0, 0.05) is 14.2 Å². The Bertz CT molecular complexity index is 533. The zero-order chi connectivity index (χ0) is 14.5. The van der Waals surface area contributed by atoms with Gasteiger partial charge in [-0.2, -0.15) is 18.4 Å². The molecule has 1 rings (SSSR count). The van der Waals surface area contributed by atoms with Crippen LogP contribution in [-0.2, 0) is 19.5 Å². The second-order valence-electron chi connectivity index (χ2n) is 3.96. The first-order chi connectivity index (χ1) is 8.90. The third-order valence-electron chi connectivity index (χ3n) is 2.44. The van der Waals surface area contributed by atoms with E-state index >= 15 is 0 Å². The van der Waals surface area contributed by atoms with Crippen molar-refractivity contribution in [2.45, 2.75) is 25.0 Å². The van der Waals surface area contributed by atoms with Crippen LogP contribution in [0.2, 0.25) is 0 Å². The first-order valence-electron chi connectivity index (χ1n) is 5.59. The maximum Gasteiger partial charge on any atom is 0.276 e. The van der Waals surface area contributed by atoms with Gasteiger partial charge >= 0.3 is 0 Å². The highest BCUT2D eigenvalue weighted by molar-refractivity contribution is 7.89. The molecule has 0 aromatic heterocycles. The van der Waals surface area contributed by atoms with Gasteiger partial charge in [0.25, 0.3) is 10.0 Å². The lowest BCUT2D eigenvalue weighted by atomic mass is 10.2. The molecule has 1 N–H and O–H groups in total. The van der Waals surface area contributed by atoms with Crippen LogP contribution in [0.15, 0.2) is 34.3 Å². The highest BCUT2D eigenvalue weighted by Gasteiger charge is 2.14. The van der Waals surface area contributed by atoms with Gasteiger partial charge in [0.2, 0.25) is 0 Å². The van der Waals surface area contributed by atoms with Gasteiger partial charge in [-0.3, -0.25) is 0 Å². The number of ether oxygens (including phenoxy) is 2. The smallest absolute Gasteiger partial charge is 0.276 e. The summed E-state index contributed by atoms with van der Waals surface area (Å²) in [5.74, 6) is 0. The highest BCUT2D eigenvalue weighted by Crippen LogP contribution is 2.09. The number of benzene rings is 1. The summed E-state index contributed by atoms with van der Waals surface area (Å²) in [5.41, 5.74) is 1.36. The monoisotopic (exact) mass is 286 g/mol. The Morgan fingerprint density at radius 3 is 2.21 bits per heavy atom. The second kappa shape index (κ2) is 6.65. The summed E-state index contributed by atoms with van der Waals surface area (Å²) in [6, 6.07) is 6.48. The van der Waals surface area contributed by atoms with E-state index in [1.165, 1.54) is 26.4 Å². The van der Waals surface area contributed by atoms with Crippen molar-refractivity contribution in [2.24, 2.45) is 5.10 Å². The molecular formula is C12H18N2O4S. The Hall–Kier alpha value is -1.44. The van der Waals surface area contributed by atoms with E-state index in [4.69, 9.17) is 9.47 Å². The van der Waals surface area contributed by atoms with E-state index in [1.54, 1.807) is 19.1 Å². The molecule has 6 nitrogen and oxygen atoms in total. The topological polar surface area (TPSA) is 77.0 Å². The van der Waals surface area contributed by atoms with E-state index in [0.29, 0.717) is 5.71 Å². The minimum atomic E-state index is -3.67. The summed E-state index contributed by atoms with van der Waals surface area (Å²) in [7, 11) is -0.778. The molecule has 1 aromatic carbocycles. The number of methoxy groups -OCH3 is 2. The van der Waals surface area contributed by atoms with Crippen molar-refractivity contribution in [1.29, 1.82) is 0 Å². The molecule has 0 aliphatic carbocycles. The molecule has 0 heterocycles. The van der Waals surface area contributed by atoms with Gasteiger partial charge in [-0.25, -0.2) is 0 Å². The average Bonchev–Trinajstić information content (AvgIpc) is 2.38. The molecule has 1 aromatic rings. The molecule has 0 fully saturated rings. The largest absolute Gasteiger partial charge is 0.351 e. The predicted molar refractivity (Wildman–Crippen MR) is 72.4 cm³/mol. The first kappa shape index (κ1) is 15.6. The number of sulfonamides is 1. The summed E-state index contributed by atoms with van der Waals surface area (Å²) in [6.45, 7) is 3.49. The Morgan fingerprint density at radius 1 is 1.21 bits per heavy atom. The first-order valence-corrected chi connectivity index (χ1v) is 7.07. The van der Waals surface area contributed by atoms with Crippen LogP contribution in [0.3, 0.4) is 0 Å². The summed E-state index contributed by atoms with van der Waals surface area (Å²) in [6.07, 6.45) is -0.680. The maximum atomic E-state index is 11.9. The number of hydrazone groups is 1. The van der Waals surface area contributed by atoms with Gasteiger partial charge in [-0.1, -0.05) is 17.7 Å². The molecule has 19 heavy (non-hydrogen) atoms. The van der Waals surface area contributed by atoms with E-state index in [0.717, 1.165) is 5.56 Å². The Kier molecular flexibility index (Phi) is 5.46. The van der Waals surface area contributed by atoms with E-state index < -0.39 is 16.3 Å². The molecular weight excluding hydrogens is 268 g/mol. The van der Waals surface area contributed by atoms with Gasteiger partial charge < -0.3 is 9.47 Å². The third-order valence-corrected chi connectivity index (χ3v) is 3.67. The van der Waals surface area contributed by atoms with Crippen LogP contribution in [0.1, 0.15) is 12.5 Å². The molecule has 0 spiro atoms. The molecule has 7 heteroatoms. The quantitative estimate of drug-likeness (QED) is 0.485. The van der Waals surface area contributed by atoms with Gasteiger partial charge in [0.05, 0.1) is 10.6 Å². The summed E-state index contributed by atoms with van der Waals surface area (Å²) < 4.78 is 33.8. The van der Waals surface area contributed by atoms with Crippen molar-refractivity contribution in [1.82, 2.24) is 4.83 Å². The SMILES string of the molecule is COC(OC)/C(C)=N/NS(=O)(=O)c1ccc(C)cc1. The van der Waals surface area contributed by atoms with Crippen molar-refractivity contribution >= 4 is 15.7 Å². The van der Waals surface area contributed by atoms with Gasteiger partial charge in [-0.05, 0) is 26.0 Å². The number of hydrogen-bond donors (Lipinski definition) is 1. The summed E-state index contributed by atoms with van der Waals surface area (Å²) in [5, 5.41) is 3.77. The van der Waals surface area contributed by atoms with Gasteiger partial charge in [0.1, 0.15) is 0 Å². The molecule has 0 aliphatic heterocycles. The Morgan fingerprint density at radius 2 is 1.74 bits per heavy atom. The summed E-state index contributed by atoms with van der Waals surface area (Å²) in [4.78, 5) is 2.30. The molecule has 0 aliphatic rings. The normalized spacial score (nSPS) is 12.8. The van der Waals surface area contributed by atoms with Crippen molar-refractivity contribution in [2.75, 3.05) is 14.2 Å². The lowest BCUT2D eigenvalue weighted by Gasteiger charge is -2.13. The third kappa shape index (κ3) is 4.30. The fourth-order valence-electron chi connectivity index (χ4n) is 1.39. The summed E-state index contributed by atoms with van der Waals surface area (Å²) >= 11 is 0. The lowest BCUT2D eigenvalue weighted by Crippen LogP contribution is -2.27. The van der Waals surface area contributed by atoms with Crippen molar-refractivity contribution < 1.29 is 17.9 Å². The predicted octanol–water partition coefficient (Wildman–Crippen LogP) is 1.27. The number of rotatable bonds is 6. The molecule has 0 bridgehead atoms. The second-order valence-corrected chi connectivity index (χ2v) is 5.63. The van der Waals surface area contributed by atoms with Crippen molar-refractivity contribution in [3.63, 3.8) is 0 Å². The molecule has 0 radical (unpaired) electrons. The van der Waals surface area contributed by atoms with Gasteiger partial charge in [0.15, 0.2) is 6.29 Å². The molecule has 106 valence electrons. The fourth-order valence-corrected chi connectivity index (χ4v) is 2.26. The van der Waals surface area contributed by atoms with Crippen molar-refractivity contribution in [3.05, 3.63) is 29.8 Å². The molecule has 0 saturated carbocycles. The van der Waals surface area contributed by atoms with Crippen LogP contribution >= 0.6 is 0 Å². The van der Waals surface area contributed by atoms with E-state index in [1.807, 2.05) is 6.92 Å². The standard InChI is InChI=1S/C12H18N2O4S/c1-9-5-7-11(8-6-9)19(15,16)14-13-10(2)12(17-3)18-4/h5-8,12,14H,1-4H3/b13-10+. The Labute approximate surface area is 113 Å². The molecule has 0 atom stereocenters. The molecule has 0 unspecified atom stereocenters. The van der Waals surface area contributed by atoms with Crippen LogP contribution in [0.4, 0.5) is 0 Å². The minimum Gasteiger partial charge on any atom is -0.351 e. The number of nitrogens with one attached hydrogen (secondary N) is 1. The number of nitrogens with zero attached hydrogens (tertiary/aromatic N) is 1. The molecule has 0 amide bonds. The van der Waals surface area contributed by atoms with Crippen LogP contribution in [0, 0.1) is 6.92 Å². The maximum absolute atomic E-state index is 11.9. The zero-order valence-corrected chi connectivity index (χ0v) is 12.2. The van der Waals surface area contributed by atoms with Crippen LogP contribution in [-0.4, -0.2) is 34.6 Å². The Balaban J connectivity index is 2.86. The average molecular weight is 286 g/mol. The van der Waals surface area contributed by atoms with E-state index in [9.17, 15) is 8.42 Å². The van der Waals surface area contributed by atoms with E-state index in [-0.39, 0.29) is 4.90 Å². The van der Waals surface area contributed by atoms with Gasteiger partial charge in [-0.15, -0.1) is 0 Å². The van der Waals surface area contributed by atoms with Crippen LogP contribution < -0.4 is 4.83 Å². The number of hydrogen-bond acceptors (Lipinski definition) is 5. The highest BCUT2D eigenvalue weighted by atomic mass is 32.2. The van der Waals surface area contributed by atoms with Crippen molar-refractivity contribution in [3.8, 4) is 0 Å². The lowest BCUT2D eigenvalue weighted by molar-refractivity contribution is -0.0524. The van der Waals surface area contributed by atoms with Crippen LogP contribution in [0.25, 0.3) is 0 Å². The number of aryl methyl sites for hydroxylation is 1. The fraction of sp³-hybridized carbons (Fsp3) is 0.417. The molecule has 0 saturated heterocycles. The minimum absolute atomic E-state index is 0.154. The van der Waals surface area contributed by atoms with Crippen LogP contribution in [0.5, 0.6) is 0 Å².